The van der Waals surface area contributed by atoms with Crippen LogP contribution in [0.2, 0.25) is 0 Å². The van der Waals surface area contributed by atoms with Crippen molar-refractivity contribution in [3.05, 3.63) is 40.1 Å². The number of hydrogen-bond acceptors (Lipinski definition) is 5. The molecule has 0 radical (unpaired) electrons. The van der Waals surface area contributed by atoms with Crippen molar-refractivity contribution in [1.29, 1.82) is 0 Å². The highest BCUT2D eigenvalue weighted by atomic mass is 16.4. The quantitative estimate of drug-likeness (QED) is 0.887. The summed E-state index contributed by atoms with van der Waals surface area (Å²) >= 11 is 0. The van der Waals surface area contributed by atoms with Crippen LogP contribution in [0.1, 0.15) is 24.3 Å². The van der Waals surface area contributed by atoms with E-state index in [1.807, 2.05) is 13.8 Å². The molecule has 2 aromatic rings. The summed E-state index contributed by atoms with van der Waals surface area (Å²) in [6.07, 6.45) is 3.27. The molecular weight excluding hydrogens is 232 g/mol. The maximum Gasteiger partial charge on any atom is 0.293 e. The molecule has 0 aliphatic carbocycles. The summed E-state index contributed by atoms with van der Waals surface area (Å²) in [4.78, 5) is 20.1. The Kier molecular flexibility index (Phi) is 3.45. The van der Waals surface area contributed by atoms with E-state index in [2.05, 4.69) is 15.3 Å². The predicted molar refractivity (Wildman–Crippen MR) is 67.5 cm³/mol. The lowest BCUT2D eigenvalue weighted by Crippen LogP contribution is -2.23. The largest absolute Gasteiger partial charge is 0.444 e. The summed E-state index contributed by atoms with van der Waals surface area (Å²) < 4.78 is 7.01. The Hall–Kier alpha value is -2.11. The molecule has 18 heavy (non-hydrogen) atoms. The Labute approximate surface area is 105 Å². The number of aryl methyl sites for hydroxylation is 3. The third-order valence-electron chi connectivity index (χ3n) is 2.67. The van der Waals surface area contributed by atoms with Gasteiger partial charge in [0.05, 0.1) is 12.2 Å². The van der Waals surface area contributed by atoms with Crippen molar-refractivity contribution in [2.75, 3.05) is 5.32 Å². The highest BCUT2D eigenvalue weighted by Gasteiger charge is 2.08. The van der Waals surface area contributed by atoms with E-state index in [4.69, 9.17) is 4.42 Å². The van der Waals surface area contributed by atoms with Crippen LogP contribution in [0.5, 0.6) is 0 Å². The molecule has 0 atom stereocenters. The number of hydrogen-bond donors (Lipinski definition) is 1. The fourth-order valence-corrected chi connectivity index (χ4v) is 1.72. The number of anilines is 1. The van der Waals surface area contributed by atoms with Gasteiger partial charge >= 0.3 is 0 Å². The normalized spacial score (nSPS) is 10.6. The molecule has 0 fully saturated rings. The number of nitrogens with zero attached hydrogens (tertiary/aromatic N) is 3. The third kappa shape index (κ3) is 2.42. The molecule has 0 saturated heterocycles. The van der Waals surface area contributed by atoms with Gasteiger partial charge in [0.25, 0.3) is 5.56 Å². The minimum Gasteiger partial charge on any atom is -0.444 e. The van der Waals surface area contributed by atoms with Crippen molar-refractivity contribution >= 4 is 5.82 Å². The molecule has 0 saturated carbocycles. The van der Waals surface area contributed by atoms with Gasteiger partial charge in [-0.05, 0) is 13.8 Å². The summed E-state index contributed by atoms with van der Waals surface area (Å²) in [5.74, 6) is 1.67. The van der Waals surface area contributed by atoms with E-state index in [0.717, 1.165) is 11.5 Å². The van der Waals surface area contributed by atoms with E-state index in [1.165, 1.54) is 0 Å². The average Bonchev–Trinajstić information content (AvgIpc) is 2.66. The van der Waals surface area contributed by atoms with Crippen LogP contribution in [0.4, 0.5) is 5.82 Å². The first-order valence-electron chi connectivity index (χ1n) is 5.84. The van der Waals surface area contributed by atoms with E-state index in [0.29, 0.717) is 24.8 Å². The van der Waals surface area contributed by atoms with Gasteiger partial charge in [-0.3, -0.25) is 4.79 Å². The summed E-state index contributed by atoms with van der Waals surface area (Å²) in [6, 6.07) is 0. The number of nitrogens with one attached hydrogen (secondary N) is 1. The highest BCUT2D eigenvalue weighted by molar-refractivity contribution is 5.31. The smallest absolute Gasteiger partial charge is 0.293 e. The Morgan fingerprint density at radius 1 is 1.44 bits per heavy atom. The molecule has 1 N–H and O–H groups in total. The first-order chi connectivity index (χ1) is 8.61. The Morgan fingerprint density at radius 3 is 2.83 bits per heavy atom. The van der Waals surface area contributed by atoms with Crippen LogP contribution in [0.15, 0.2) is 21.6 Å². The molecule has 0 bridgehead atoms. The maximum atomic E-state index is 11.9. The van der Waals surface area contributed by atoms with Gasteiger partial charge < -0.3 is 14.3 Å². The zero-order valence-corrected chi connectivity index (χ0v) is 10.7. The number of aromatic nitrogens is 3. The minimum atomic E-state index is -0.131. The standard InChI is InChI=1S/C12H16N4O2/c1-4-16-6-5-13-11(12(16)17)14-7-10-8(2)15-9(3)18-10/h5-6H,4,7H2,1-3H3,(H,13,14). The molecule has 2 heterocycles. The molecule has 6 nitrogen and oxygen atoms in total. The van der Waals surface area contributed by atoms with Crippen LogP contribution in [0, 0.1) is 13.8 Å². The lowest BCUT2D eigenvalue weighted by atomic mass is 10.3. The molecule has 96 valence electrons. The molecule has 0 aromatic carbocycles. The van der Waals surface area contributed by atoms with Gasteiger partial charge in [-0.25, -0.2) is 9.97 Å². The van der Waals surface area contributed by atoms with Crippen LogP contribution in [0.3, 0.4) is 0 Å². The van der Waals surface area contributed by atoms with Crippen LogP contribution < -0.4 is 10.9 Å². The van der Waals surface area contributed by atoms with E-state index < -0.39 is 0 Å². The van der Waals surface area contributed by atoms with Crippen molar-refractivity contribution in [2.45, 2.75) is 33.9 Å². The van der Waals surface area contributed by atoms with Crippen molar-refractivity contribution in [3.8, 4) is 0 Å². The second kappa shape index (κ2) is 5.03. The molecule has 0 aliphatic heterocycles. The third-order valence-corrected chi connectivity index (χ3v) is 2.67. The van der Waals surface area contributed by atoms with Gasteiger partial charge in [-0.1, -0.05) is 0 Å². The first-order valence-corrected chi connectivity index (χ1v) is 5.84. The average molecular weight is 248 g/mol. The van der Waals surface area contributed by atoms with Crippen molar-refractivity contribution < 1.29 is 4.42 Å². The minimum absolute atomic E-state index is 0.131. The van der Waals surface area contributed by atoms with Gasteiger partial charge in [-0.2, -0.15) is 0 Å². The molecule has 0 unspecified atom stereocenters. The number of oxazole rings is 1. The monoisotopic (exact) mass is 248 g/mol. The molecule has 6 heteroatoms. The summed E-state index contributed by atoms with van der Waals surface area (Å²) in [5.41, 5.74) is 0.695. The molecular formula is C12H16N4O2. The van der Waals surface area contributed by atoms with Gasteiger partial charge in [-0.15, -0.1) is 0 Å². The Balaban J connectivity index is 2.16. The fourth-order valence-electron chi connectivity index (χ4n) is 1.72. The molecule has 2 rings (SSSR count). The van der Waals surface area contributed by atoms with Crippen molar-refractivity contribution in [3.63, 3.8) is 0 Å². The topological polar surface area (TPSA) is 73.0 Å². The Bertz CT molecular complexity index is 600. The zero-order chi connectivity index (χ0) is 13.1. The van der Waals surface area contributed by atoms with Gasteiger partial charge in [0.1, 0.15) is 5.76 Å². The summed E-state index contributed by atoms with van der Waals surface area (Å²) in [6.45, 7) is 6.60. The molecule has 2 aromatic heterocycles. The lowest BCUT2D eigenvalue weighted by Gasteiger charge is -2.06. The van der Waals surface area contributed by atoms with E-state index in [9.17, 15) is 4.79 Å². The molecule has 0 amide bonds. The maximum absolute atomic E-state index is 11.9. The van der Waals surface area contributed by atoms with Crippen molar-refractivity contribution in [2.24, 2.45) is 0 Å². The van der Waals surface area contributed by atoms with Crippen LogP contribution >= 0.6 is 0 Å². The van der Waals surface area contributed by atoms with Gasteiger partial charge in [0.2, 0.25) is 0 Å². The second-order valence-corrected chi connectivity index (χ2v) is 3.96. The molecule has 0 aliphatic rings. The van der Waals surface area contributed by atoms with E-state index in [-0.39, 0.29) is 5.56 Å². The van der Waals surface area contributed by atoms with Crippen LogP contribution in [-0.2, 0) is 13.1 Å². The summed E-state index contributed by atoms with van der Waals surface area (Å²) in [5, 5.41) is 2.98. The van der Waals surface area contributed by atoms with E-state index >= 15 is 0 Å². The molecule has 0 spiro atoms. The zero-order valence-electron chi connectivity index (χ0n) is 10.7. The van der Waals surface area contributed by atoms with Gasteiger partial charge in [0, 0.05) is 25.9 Å². The Morgan fingerprint density at radius 2 is 2.22 bits per heavy atom. The highest BCUT2D eigenvalue weighted by Crippen LogP contribution is 2.10. The fraction of sp³-hybridized carbons (Fsp3) is 0.417. The van der Waals surface area contributed by atoms with Gasteiger partial charge in [0.15, 0.2) is 11.7 Å². The van der Waals surface area contributed by atoms with Crippen molar-refractivity contribution in [1.82, 2.24) is 14.5 Å². The van der Waals surface area contributed by atoms with Crippen LogP contribution in [0.25, 0.3) is 0 Å². The first kappa shape index (κ1) is 12.3. The SMILES string of the molecule is CCn1ccnc(NCc2oc(C)nc2C)c1=O. The van der Waals surface area contributed by atoms with E-state index in [1.54, 1.807) is 23.9 Å². The predicted octanol–water partition coefficient (Wildman–Crippen LogP) is 1.48. The second-order valence-electron chi connectivity index (χ2n) is 3.96. The van der Waals surface area contributed by atoms with Crippen LogP contribution in [-0.4, -0.2) is 14.5 Å². The lowest BCUT2D eigenvalue weighted by molar-refractivity contribution is 0.480. The number of rotatable bonds is 4. The summed E-state index contributed by atoms with van der Waals surface area (Å²) in [7, 11) is 0.